The van der Waals surface area contributed by atoms with Gasteiger partial charge in [-0.1, -0.05) is 25.1 Å². The summed E-state index contributed by atoms with van der Waals surface area (Å²) in [6, 6.07) is 8.03. The minimum Gasteiger partial charge on any atom is -0.372 e. The Morgan fingerprint density at radius 2 is 2.00 bits per heavy atom. The highest BCUT2D eigenvalue weighted by atomic mass is 35.5. The van der Waals surface area contributed by atoms with Gasteiger partial charge in [-0.25, -0.2) is 0 Å². The molecule has 0 bridgehead atoms. The molecule has 0 spiro atoms. The molecule has 21 heavy (non-hydrogen) atoms. The third kappa shape index (κ3) is 4.25. The van der Waals surface area contributed by atoms with Crippen LogP contribution >= 0.6 is 24.8 Å². The van der Waals surface area contributed by atoms with Gasteiger partial charge in [-0.2, -0.15) is 0 Å². The number of amides is 1. The van der Waals surface area contributed by atoms with Crippen LogP contribution < -0.4 is 10.6 Å². The highest BCUT2D eigenvalue weighted by molar-refractivity contribution is 5.85. The van der Waals surface area contributed by atoms with Crippen molar-refractivity contribution in [2.24, 2.45) is 5.73 Å². The van der Waals surface area contributed by atoms with Crippen molar-refractivity contribution in [1.29, 1.82) is 0 Å². The minimum atomic E-state index is -0.391. The van der Waals surface area contributed by atoms with Gasteiger partial charge in [0.1, 0.15) is 0 Å². The van der Waals surface area contributed by atoms with Crippen LogP contribution in [0.15, 0.2) is 24.3 Å². The summed E-state index contributed by atoms with van der Waals surface area (Å²) < 4.78 is 0. The average Bonchev–Trinajstić information content (AvgIpc) is 2.54. The maximum atomic E-state index is 12.4. The maximum Gasteiger partial charge on any atom is 0.240 e. The molecule has 1 aromatic carbocycles. The van der Waals surface area contributed by atoms with Crippen molar-refractivity contribution >= 4 is 36.4 Å². The number of likely N-dealkylation sites (N-methyl/N-ethyl adjacent to an activating group) is 1. The highest BCUT2D eigenvalue weighted by Crippen LogP contribution is 2.26. The first kappa shape index (κ1) is 20.0. The van der Waals surface area contributed by atoms with E-state index < -0.39 is 6.04 Å². The molecular weight excluding hydrogens is 309 g/mol. The summed E-state index contributed by atoms with van der Waals surface area (Å²) in [7, 11) is 2.07. The molecule has 1 aliphatic heterocycles. The third-order valence-electron chi connectivity index (χ3n) is 3.85. The lowest BCUT2D eigenvalue weighted by molar-refractivity contribution is -0.135. The monoisotopic (exact) mass is 333 g/mol. The van der Waals surface area contributed by atoms with Gasteiger partial charge in [0.15, 0.2) is 0 Å². The lowest BCUT2D eigenvalue weighted by Gasteiger charge is -2.30. The second-order valence-corrected chi connectivity index (χ2v) is 5.34. The molecule has 2 rings (SSSR count). The van der Waals surface area contributed by atoms with Crippen LogP contribution in [0.3, 0.4) is 0 Å². The Labute approximate surface area is 139 Å². The molecule has 0 saturated carbocycles. The van der Waals surface area contributed by atoms with Gasteiger partial charge < -0.3 is 15.5 Å². The lowest BCUT2D eigenvalue weighted by Crippen LogP contribution is -2.48. The Hall–Kier alpha value is -0.970. The predicted molar refractivity (Wildman–Crippen MR) is 92.5 cm³/mol. The van der Waals surface area contributed by atoms with Gasteiger partial charge in [-0.3, -0.25) is 4.79 Å². The molecule has 1 aromatic rings. The van der Waals surface area contributed by atoms with Crippen molar-refractivity contribution in [2.45, 2.75) is 38.9 Å². The molecule has 120 valence electrons. The number of nitrogens with zero attached hydrogens (tertiary/aromatic N) is 2. The molecule has 0 saturated heterocycles. The number of carbonyl (C=O) groups is 1. The Morgan fingerprint density at radius 1 is 1.38 bits per heavy atom. The summed E-state index contributed by atoms with van der Waals surface area (Å²) in [5, 5.41) is 0. The van der Waals surface area contributed by atoms with Crippen LogP contribution in [0.4, 0.5) is 5.69 Å². The van der Waals surface area contributed by atoms with Gasteiger partial charge in [-0.05, 0) is 25.0 Å². The average molecular weight is 334 g/mol. The molecular formula is C15H25Cl2N3O. The number of hydrogen-bond donors (Lipinski definition) is 1. The highest BCUT2D eigenvalue weighted by Gasteiger charge is 2.28. The number of hydrogen-bond acceptors (Lipinski definition) is 3. The van der Waals surface area contributed by atoms with Crippen molar-refractivity contribution in [2.75, 3.05) is 18.5 Å². The maximum absolute atomic E-state index is 12.4. The normalized spacial score (nSPS) is 18.8. The number of halogens is 2. The van der Waals surface area contributed by atoms with Gasteiger partial charge in [0.25, 0.3) is 0 Å². The van der Waals surface area contributed by atoms with Crippen LogP contribution in [0.5, 0.6) is 0 Å². The van der Waals surface area contributed by atoms with E-state index >= 15 is 0 Å². The van der Waals surface area contributed by atoms with Crippen LogP contribution in [0, 0.1) is 0 Å². The summed E-state index contributed by atoms with van der Waals surface area (Å²) >= 11 is 0. The molecule has 1 unspecified atom stereocenters. The molecule has 1 amide bonds. The first-order valence-corrected chi connectivity index (χ1v) is 6.89. The molecule has 0 aromatic heterocycles. The first-order chi connectivity index (χ1) is 9.04. The van der Waals surface area contributed by atoms with Gasteiger partial charge in [-0.15, -0.1) is 24.8 Å². The zero-order chi connectivity index (χ0) is 14.0. The summed E-state index contributed by atoms with van der Waals surface area (Å²) in [6.45, 7) is 5.52. The Kier molecular flexibility index (Phi) is 8.08. The Balaban J connectivity index is 0.00000200. The topological polar surface area (TPSA) is 49.6 Å². The van der Waals surface area contributed by atoms with Gasteiger partial charge in [0.2, 0.25) is 5.91 Å². The van der Waals surface area contributed by atoms with Crippen molar-refractivity contribution in [3.63, 3.8) is 0 Å². The van der Waals surface area contributed by atoms with Crippen molar-refractivity contribution in [3.8, 4) is 0 Å². The fraction of sp³-hybridized carbons (Fsp3) is 0.533. The van der Waals surface area contributed by atoms with E-state index in [0.29, 0.717) is 13.0 Å². The first-order valence-electron chi connectivity index (χ1n) is 6.89. The molecule has 6 heteroatoms. The molecule has 4 nitrogen and oxygen atoms in total. The number of fused-ring (bicyclic) bond motifs is 1. The molecule has 2 N–H and O–H groups in total. The zero-order valence-corrected chi connectivity index (χ0v) is 14.4. The van der Waals surface area contributed by atoms with Crippen LogP contribution in [0.2, 0.25) is 0 Å². The number of para-hydroxylation sites is 1. The molecule has 0 fully saturated rings. The van der Waals surface area contributed by atoms with Crippen LogP contribution in [0.25, 0.3) is 0 Å². The smallest absolute Gasteiger partial charge is 0.240 e. The Bertz CT molecular complexity index is 470. The van der Waals surface area contributed by atoms with E-state index in [4.69, 9.17) is 5.73 Å². The fourth-order valence-electron chi connectivity index (χ4n) is 2.63. The standard InChI is InChI=1S/C15H23N3O.2ClH/c1-4-13(16)15(19)18-10-12-7-5-6-8-14(12)17(3)9-11(18)2;;/h5-8,11,13H,4,9-10,16H2,1-3H3;2*1H/t11?,13-;;/m0../s1. The van der Waals surface area contributed by atoms with Gasteiger partial charge >= 0.3 is 0 Å². The summed E-state index contributed by atoms with van der Waals surface area (Å²) in [4.78, 5) is 16.5. The molecule has 2 atom stereocenters. The van der Waals surface area contributed by atoms with Crippen LogP contribution in [0.1, 0.15) is 25.8 Å². The second-order valence-electron chi connectivity index (χ2n) is 5.34. The van der Waals surface area contributed by atoms with Crippen LogP contribution in [-0.2, 0) is 11.3 Å². The zero-order valence-electron chi connectivity index (χ0n) is 12.8. The third-order valence-corrected chi connectivity index (χ3v) is 3.85. The predicted octanol–water partition coefficient (Wildman–Crippen LogP) is 2.43. The van der Waals surface area contributed by atoms with Crippen LogP contribution in [-0.4, -0.2) is 36.5 Å². The molecule has 0 radical (unpaired) electrons. The lowest BCUT2D eigenvalue weighted by atomic mass is 10.1. The van der Waals surface area contributed by atoms with Crippen molar-refractivity contribution < 1.29 is 4.79 Å². The van der Waals surface area contributed by atoms with E-state index in [1.54, 1.807) is 0 Å². The van der Waals surface area contributed by atoms with E-state index in [9.17, 15) is 4.79 Å². The van der Waals surface area contributed by atoms with E-state index in [1.807, 2.05) is 24.0 Å². The second kappa shape index (κ2) is 8.47. The number of benzene rings is 1. The van der Waals surface area contributed by atoms with Gasteiger partial charge in [0, 0.05) is 31.9 Å². The fourth-order valence-corrected chi connectivity index (χ4v) is 2.63. The SMILES string of the molecule is CC[C@H](N)C(=O)N1Cc2ccccc2N(C)CC1C.Cl.Cl. The Morgan fingerprint density at radius 3 is 2.62 bits per heavy atom. The van der Waals surface area contributed by atoms with E-state index in [0.717, 1.165) is 6.54 Å². The summed E-state index contributed by atoms with van der Waals surface area (Å²) in [6.07, 6.45) is 0.680. The molecule has 0 aliphatic carbocycles. The number of anilines is 1. The van der Waals surface area contributed by atoms with E-state index in [-0.39, 0.29) is 36.8 Å². The molecule has 1 heterocycles. The molecule has 1 aliphatic rings. The minimum absolute atomic E-state index is 0. The summed E-state index contributed by atoms with van der Waals surface area (Å²) in [5.41, 5.74) is 8.30. The number of rotatable bonds is 2. The largest absolute Gasteiger partial charge is 0.372 e. The van der Waals surface area contributed by atoms with Crippen molar-refractivity contribution in [1.82, 2.24) is 4.90 Å². The number of nitrogens with two attached hydrogens (primary N) is 1. The van der Waals surface area contributed by atoms with Crippen molar-refractivity contribution in [3.05, 3.63) is 29.8 Å². The van der Waals surface area contributed by atoms with E-state index in [1.165, 1.54) is 11.3 Å². The number of carbonyl (C=O) groups excluding carboxylic acids is 1. The quantitative estimate of drug-likeness (QED) is 0.904. The van der Waals surface area contributed by atoms with Gasteiger partial charge in [0.05, 0.1) is 6.04 Å². The summed E-state index contributed by atoms with van der Waals surface area (Å²) in [5.74, 6) is 0.0557. The van der Waals surface area contributed by atoms with E-state index in [2.05, 4.69) is 31.0 Å².